The number of nitrogens with one attached hydrogen (secondary N) is 1. The van der Waals surface area contributed by atoms with Crippen LogP contribution in [0.4, 0.5) is 11.4 Å². The van der Waals surface area contributed by atoms with Crippen LogP contribution in [0.15, 0.2) is 46.2 Å². The van der Waals surface area contributed by atoms with Crippen molar-refractivity contribution in [2.45, 2.75) is 9.79 Å². The normalized spacial score (nSPS) is 11.6. The van der Waals surface area contributed by atoms with Gasteiger partial charge in [0.2, 0.25) is 0 Å². The SMILES string of the molecule is Nc1c(I)cc(S(=O)(=O)Nc2ccc(S(=O)(=O)[O-])cc2)cc1I.[Na+]. The molecule has 0 amide bonds. The van der Waals surface area contributed by atoms with Crippen LogP contribution in [0.1, 0.15) is 0 Å². The maximum Gasteiger partial charge on any atom is 1.00 e. The summed E-state index contributed by atoms with van der Waals surface area (Å²) in [6, 6.07) is 7.34. The molecule has 0 spiro atoms. The van der Waals surface area contributed by atoms with E-state index in [0.29, 0.717) is 12.8 Å². The molecule has 7 nitrogen and oxygen atoms in total. The summed E-state index contributed by atoms with van der Waals surface area (Å²) in [5, 5.41) is 0. The second-order valence-corrected chi connectivity index (χ2v) is 9.77. The van der Waals surface area contributed by atoms with Gasteiger partial charge in [-0.05, 0) is 81.6 Å². The van der Waals surface area contributed by atoms with Crippen molar-refractivity contribution in [1.82, 2.24) is 0 Å². The third kappa shape index (κ3) is 5.43. The van der Waals surface area contributed by atoms with Gasteiger partial charge in [0.15, 0.2) is 0 Å². The summed E-state index contributed by atoms with van der Waals surface area (Å²) >= 11 is 3.87. The Morgan fingerprint density at radius 2 is 1.38 bits per heavy atom. The first-order valence-corrected chi connectivity index (χ1v) is 10.9. The first kappa shape index (κ1) is 22.4. The number of benzene rings is 2. The monoisotopic (exact) mass is 602 g/mol. The number of anilines is 2. The van der Waals surface area contributed by atoms with Crippen LogP contribution in [0.25, 0.3) is 0 Å². The number of halogens is 2. The van der Waals surface area contributed by atoms with Gasteiger partial charge in [0.25, 0.3) is 10.0 Å². The zero-order valence-corrected chi connectivity index (χ0v) is 20.1. The van der Waals surface area contributed by atoms with Crippen LogP contribution in [0.3, 0.4) is 0 Å². The minimum atomic E-state index is -4.57. The maximum atomic E-state index is 12.4. The Hall–Kier alpha value is 0.360. The second-order valence-electron chi connectivity index (χ2n) is 4.38. The first-order valence-electron chi connectivity index (χ1n) is 5.84. The fraction of sp³-hybridized carbons (Fsp3) is 0. The summed E-state index contributed by atoms with van der Waals surface area (Å²) in [6.07, 6.45) is 0. The molecule has 0 bridgehead atoms. The average Bonchev–Trinajstić information content (AvgIpc) is 2.43. The van der Waals surface area contributed by atoms with Crippen LogP contribution in [-0.4, -0.2) is 21.4 Å². The first-order chi connectivity index (χ1) is 10.5. The second kappa shape index (κ2) is 8.37. The van der Waals surface area contributed by atoms with Crippen molar-refractivity contribution in [3.63, 3.8) is 0 Å². The predicted molar refractivity (Wildman–Crippen MR) is 102 cm³/mol. The summed E-state index contributed by atoms with van der Waals surface area (Å²) in [5.74, 6) is 0. The van der Waals surface area contributed by atoms with Gasteiger partial charge in [0, 0.05) is 12.8 Å². The number of hydrogen-bond donors (Lipinski definition) is 2. The van der Waals surface area contributed by atoms with E-state index >= 15 is 0 Å². The molecule has 0 saturated heterocycles. The van der Waals surface area contributed by atoms with Crippen LogP contribution in [0, 0.1) is 7.14 Å². The van der Waals surface area contributed by atoms with Gasteiger partial charge in [-0.1, -0.05) is 0 Å². The quantitative estimate of drug-likeness (QED) is 0.204. The molecule has 0 radical (unpaired) electrons. The topological polar surface area (TPSA) is 129 Å². The van der Waals surface area contributed by atoms with Gasteiger partial charge in [0.05, 0.1) is 15.5 Å². The molecule has 0 saturated carbocycles. The van der Waals surface area contributed by atoms with Gasteiger partial charge in [-0.3, -0.25) is 4.72 Å². The van der Waals surface area contributed by atoms with Crippen molar-refractivity contribution in [2.75, 3.05) is 10.5 Å². The van der Waals surface area contributed by atoms with Crippen LogP contribution < -0.4 is 40.0 Å². The Labute approximate surface area is 189 Å². The van der Waals surface area contributed by atoms with E-state index < -0.39 is 25.0 Å². The van der Waals surface area contributed by atoms with Crippen LogP contribution >= 0.6 is 45.2 Å². The molecule has 0 unspecified atom stereocenters. The van der Waals surface area contributed by atoms with Crippen LogP contribution in [0.5, 0.6) is 0 Å². The van der Waals surface area contributed by atoms with Gasteiger partial charge < -0.3 is 10.3 Å². The standard InChI is InChI=1S/C12H10I2N2O5S2.Na/c13-10-5-9(6-11(14)12(10)15)22(17,18)16-7-1-3-8(4-2-7)23(19,20)21;/h1-6,16H,15H2,(H,19,20,21);/q;+1/p-1. The van der Waals surface area contributed by atoms with Crippen LogP contribution in [0.2, 0.25) is 0 Å². The van der Waals surface area contributed by atoms with E-state index in [1.54, 1.807) is 0 Å². The van der Waals surface area contributed by atoms with Crippen molar-refractivity contribution < 1.29 is 50.9 Å². The Balaban J connectivity index is 0.00000288. The molecule has 0 atom stereocenters. The summed E-state index contributed by atoms with van der Waals surface area (Å²) in [6.45, 7) is 0. The molecule has 0 fully saturated rings. The minimum absolute atomic E-state index is 0. The molecule has 0 aliphatic rings. The third-order valence-corrected chi connectivity index (χ3v) is 6.75. The molecule has 2 rings (SSSR count). The molecule has 2 aromatic carbocycles. The van der Waals surface area contributed by atoms with Gasteiger partial charge in [-0.2, -0.15) is 0 Å². The number of nitrogens with two attached hydrogens (primary N) is 1. The van der Waals surface area contributed by atoms with Gasteiger partial charge >= 0.3 is 29.6 Å². The number of sulfonamides is 1. The molecule has 24 heavy (non-hydrogen) atoms. The van der Waals surface area contributed by atoms with Gasteiger partial charge in [-0.25, -0.2) is 16.8 Å². The molecular weight excluding hydrogens is 593 g/mol. The number of hydrogen-bond acceptors (Lipinski definition) is 6. The molecule has 0 aliphatic carbocycles. The third-order valence-electron chi connectivity index (χ3n) is 2.76. The Bertz CT molecular complexity index is 940. The van der Waals surface area contributed by atoms with Crippen molar-refractivity contribution >= 4 is 76.7 Å². The zero-order valence-electron chi connectivity index (χ0n) is 12.2. The van der Waals surface area contributed by atoms with Gasteiger partial charge in [0.1, 0.15) is 10.1 Å². The van der Waals surface area contributed by atoms with E-state index in [2.05, 4.69) is 4.72 Å². The fourth-order valence-corrected chi connectivity index (χ4v) is 5.39. The smallest absolute Gasteiger partial charge is 0.744 e. The summed E-state index contributed by atoms with van der Waals surface area (Å²) < 4.78 is 60.8. The van der Waals surface area contributed by atoms with Crippen LogP contribution in [-0.2, 0) is 20.1 Å². The molecule has 3 N–H and O–H groups in total. The number of rotatable bonds is 4. The summed E-state index contributed by atoms with van der Waals surface area (Å²) in [5.41, 5.74) is 6.42. The fourth-order valence-electron chi connectivity index (χ4n) is 1.62. The minimum Gasteiger partial charge on any atom is -0.744 e. The van der Waals surface area contributed by atoms with E-state index in [0.717, 1.165) is 12.1 Å². The number of nitrogen functional groups attached to an aromatic ring is 1. The van der Waals surface area contributed by atoms with Gasteiger partial charge in [-0.15, -0.1) is 0 Å². The molecular formula is C12H9I2N2NaO5S2. The molecule has 12 heteroatoms. The Morgan fingerprint density at radius 3 is 1.79 bits per heavy atom. The van der Waals surface area contributed by atoms with E-state index in [1.807, 2.05) is 45.2 Å². The maximum absolute atomic E-state index is 12.4. The van der Waals surface area contributed by atoms with Crippen molar-refractivity contribution in [3.8, 4) is 0 Å². The predicted octanol–water partition coefficient (Wildman–Crippen LogP) is -0.813. The largest absolute Gasteiger partial charge is 1.00 e. The van der Waals surface area contributed by atoms with Crippen molar-refractivity contribution in [1.29, 1.82) is 0 Å². The van der Waals surface area contributed by atoms with E-state index in [9.17, 15) is 21.4 Å². The zero-order chi connectivity index (χ0) is 17.4. The van der Waals surface area contributed by atoms with Crippen molar-refractivity contribution in [3.05, 3.63) is 43.5 Å². The Kier molecular flexibility index (Phi) is 7.81. The average molecular weight is 602 g/mol. The van der Waals surface area contributed by atoms with E-state index in [1.165, 1.54) is 24.3 Å². The molecule has 0 heterocycles. The molecule has 124 valence electrons. The molecule has 0 aromatic heterocycles. The van der Waals surface area contributed by atoms with Crippen molar-refractivity contribution in [2.24, 2.45) is 0 Å². The Morgan fingerprint density at radius 1 is 0.917 bits per heavy atom. The summed E-state index contributed by atoms with van der Waals surface area (Å²) in [7, 11) is -8.44. The molecule has 2 aromatic rings. The summed E-state index contributed by atoms with van der Waals surface area (Å²) in [4.78, 5) is -0.405. The molecule has 0 aliphatic heterocycles. The van der Waals surface area contributed by atoms with E-state index in [4.69, 9.17) is 5.73 Å². The van der Waals surface area contributed by atoms with E-state index in [-0.39, 0.29) is 40.1 Å².